The van der Waals surface area contributed by atoms with Gasteiger partial charge in [-0.05, 0) is 50.6 Å². The smallest absolute Gasteiger partial charge is 0.112 e. The van der Waals surface area contributed by atoms with Crippen molar-refractivity contribution in [3.8, 4) is 6.07 Å². The predicted molar refractivity (Wildman–Crippen MR) is 61.3 cm³/mol. The molecule has 1 saturated heterocycles. The molecule has 2 nitrogen and oxygen atoms in total. The van der Waals surface area contributed by atoms with Crippen LogP contribution in [0.3, 0.4) is 0 Å². The van der Waals surface area contributed by atoms with E-state index in [-0.39, 0.29) is 5.54 Å². The first-order valence-corrected chi connectivity index (χ1v) is 6.35. The van der Waals surface area contributed by atoms with Crippen molar-refractivity contribution in [2.75, 3.05) is 13.1 Å². The monoisotopic (exact) mass is 206 g/mol. The number of nitriles is 1. The van der Waals surface area contributed by atoms with Gasteiger partial charge in [-0.25, -0.2) is 0 Å². The second kappa shape index (κ2) is 4.14. The van der Waals surface area contributed by atoms with Gasteiger partial charge in [0, 0.05) is 0 Å². The van der Waals surface area contributed by atoms with E-state index in [1.54, 1.807) is 0 Å². The molecule has 1 saturated carbocycles. The first-order chi connectivity index (χ1) is 7.19. The Morgan fingerprint density at radius 3 is 2.47 bits per heavy atom. The maximum absolute atomic E-state index is 9.60. The Morgan fingerprint density at radius 1 is 1.20 bits per heavy atom. The minimum absolute atomic E-state index is 0.131. The van der Waals surface area contributed by atoms with E-state index >= 15 is 0 Å². The maximum Gasteiger partial charge on any atom is 0.112 e. The molecule has 2 heteroatoms. The second-order valence-electron chi connectivity index (χ2n) is 5.52. The lowest BCUT2D eigenvalue weighted by Gasteiger charge is -2.46. The highest BCUT2D eigenvalue weighted by molar-refractivity contribution is 5.14. The van der Waals surface area contributed by atoms with Gasteiger partial charge >= 0.3 is 0 Å². The zero-order chi connectivity index (χ0) is 10.9. The van der Waals surface area contributed by atoms with Crippen molar-refractivity contribution in [3.63, 3.8) is 0 Å². The molecule has 0 bridgehead atoms. The molecular weight excluding hydrogens is 184 g/mol. The maximum atomic E-state index is 9.60. The highest BCUT2D eigenvalue weighted by atomic mass is 15.2. The summed E-state index contributed by atoms with van der Waals surface area (Å²) in [5, 5.41) is 9.60. The molecule has 0 aromatic rings. The summed E-state index contributed by atoms with van der Waals surface area (Å²) in [5.41, 5.74) is -0.131. The van der Waals surface area contributed by atoms with Crippen LogP contribution in [-0.2, 0) is 0 Å². The fourth-order valence-electron chi connectivity index (χ4n) is 3.39. The highest BCUT2D eigenvalue weighted by Gasteiger charge is 2.46. The molecule has 0 aromatic carbocycles. The van der Waals surface area contributed by atoms with Crippen LogP contribution in [0.4, 0.5) is 0 Å². The summed E-state index contributed by atoms with van der Waals surface area (Å²) in [4.78, 5) is 2.47. The van der Waals surface area contributed by atoms with Crippen molar-refractivity contribution >= 4 is 0 Å². The molecule has 1 aliphatic heterocycles. The minimum atomic E-state index is -0.131. The number of hydrogen-bond acceptors (Lipinski definition) is 2. The molecule has 15 heavy (non-hydrogen) atoms. The molecule has 0 amide bonds. The zero-order valence-corrected chi connectivity index (χ0v) is 10.00. The lowest BCUT2D eigenvalue weighted by molar-refractivity contribution is 0.0527. The molecule has 0 N–H and O–H groups in total. The number of hydrogen-bond donors (Lipinski definition) is 0. The van der Waals surface area contributed by atoms with Crippen molar-refractivity contribution in [2.24, 2.45) is 11.8 Å². The van der Waals surface area contributed by atoms with Crippen LogP contribution < -0.4 is 0 Å². The largest absolute Gasteiger partial charge is 0.285 e. The first-order valence-electron chi connectivity index (χ1n) is 6.35. The van der Waals surface area contributed by atoms with Crippen LogP contribution >= 0.6 is 0 Å². The Morgan fingerprint density at radius 2 is 1.87 bits per heavy atom. The summed E-state index contributed by atoms with van der Waals surface area (Å²) in [6.45, 7) is 6.86. The van der Waals surface area contributed by atoms with Crippen LogP contribution in [-0.4, -0.2) is 23.5 Å². The van der Waals surface area contributed by atoms with Gasteiger partial charge in [0.15, 0.2) is 0 Å². The number of nitrogens with zero attached hydrogens (tertiary/aromatic N) is 2. The Hall–Kier alpha value is -0.550. The van der Waals surface area contributed by atoms with Crippen molar-refractivity contribution < 1.29 is 0 Å². The fraction of sp³-hybridized carbons (Fsp3) is 0.923. The first kappa shape index (κ1) is 11.0. The lowest BCUT2D eigenvalue weighted by Crippen LogP contribution is -2.53. The third-order valence-electron chi connectivity index (χ3n) is 4.43. The molecule has 3 unspecified atom stereocenters. The van der Waals surface area contributed by atoms with Crippen LogP contribution in [0.1, 0.15) is 46.0 Å². The van der Waals surface area contributed by atoms with Gasteiger partial charge in [-0.2, -0.15) is 5.26 Å². The Bertz CT molecular complexity index is 262. The van der Waals surface area contributed by atoms with Crippen molar-refractivity contribution in [1.82, 2.24) is 4.90 Å². The summed E-state index contributed by atoms with van der Waals surface area (Å²) in [6, 6.07) is 2.67. The summed E-state index contributed by atoms with van der Waals surface area (Å²) in [7, 11) is 0. The average molecular weight is 206 g/mol. The number of rotatable bonds is 1. The minimum Gasteiger partial charge on any atom is -0.285 e. The fourth-order valence-corrected chi connectivity index (χ4v) is 3.39. The molecular formula is C13H22N2. The normalized spacial score (nSPS) is 42.7. The summed E-state index contributed by atoms with van der Waals surface area (Å²) in [6.07, 6.45) is 6.18. The van der Waals surface area contributed by atoms with E-state index in [2.05, 4.69) is 24.8 Å². The molecule has 1 aliphatic carbocycles. The molecule has 2 fully saturated rings. The Balaban J connectivity index is 2.21. The lowest BCUT2D eigenvalue weighted by atomic mass is 9.69. The van der Waals surface area contributed by atoms with E-state index in [9.17, 15) is 5.26 Å². The third kappa shape index (κ3) is 1.78. The molecule has 0 radical (unpaired) electrons. The van der Waals surface area contributed by atoms with Crippen LogP contribution in [0.5, 0.6) is 0 Å². The van der Waals surface area contributed by atoms with Gasteiger partial charge in [0.05, 0.1) is 6.07 Å². The van der Waals surface area contributed by atoms with E-state index in [0.29, 0.717) is 5.92 Å². The second-order valence-corrected chi connectivity index (χ2v) is 5.52. The van der Waals surface area contributed by atoms with Gasteiger partial charge < -0.3 is 0 Å². The molecule has 2 rings (SSSR count). The molecule has 0 spiro atoms. The summed E-state index contributed by atoms with van der Waals surface area (Å²) < 4.78 is 0. The Labute approximate surface area is 93.3 Å². The Kier molecular flexibility index (Phi) is 3.02. The van der Waals surface area contributed by atoms with Crippen LogP contribution in [0.2, 0.25) is 0 Å². The van der Waals surface area contributed by atoms with Gasteiger partial charge in [-0.15, -0.1) is 0 Å². The summed E-state index contributed by atoms with van der Waals surface area (Å²) >= 11 is 0. The zero-order valence-electron chi connectivity index (χ0n) is 10.00. The van der Waals surface area contributed by atoms with E-state index < -0.39 is 0 Å². The standard InChI is InChI=1S/C13H22N2/c1-11-5-6-12(2)13(9-11,10-14)15-7-3-4-8-15/h11-12H,3-9H2,1-2H3. The highest BCUT2D eigenvalue weighted by Crippen LogP contribution is 2.41. The van der Waals surface area contributed by atoms with Crippen LogP contribution in [0.15, 0.2) is 0 Å². The van der Waals surface area contributed by atoms with Crippen LogP contribution in [0.25, 0.3) is 0 Å². The molecule has 0 aromatic heterocycles. The number of likely N-dealkylation sites (tertiary alicyclic amines) is 1. The topological polar surface area (TPSA) is 27.0 Å². The molecule has 84 valence electrons. The SMILES string of the molecule is CC1CCC(C)C(C#N)(N2CCCC2)C1. The van der Waals surface area contributed by atoms with Crippen molar-refractivity contribution in [1.29, 1.82) is 5.26 Å². The molecule has 3 atom stereocenters. The average Bonchev–Trinajstić information content (AvgIpc) is 2.75. The van der Waals surface area contributed by atoms with Crippen LogP contribution in [0, 0.1) is 23.2 Å². The van der Waals surface area contributed by atoms with Gasteiger partial charge in [-0.3, -0.25) is 4.90 Å². The van der Waals surface area contributed by atoms with Gasteiger partial charge in [-0.1, -0.05) is 20.3 Å². The van der Waals surface area contributed by atoms with Gasteiger partial charge in [0.1, 0.15) is 5.54 Å². The van der Waals surface area contributed by atoms with Gasteiger partial charge in [0.2, 0.25) is 0 Å². The van der Waals surface area contributed by atoms with Crippen molar-refractivity contribution in [2.45, 2.75) is 51.5 Å². The summed E-state index contributed by atoms with van der Waals surface area (Å²) in [5.74, 6) is 1.28. The third-order valence-corrected chi connectivity index (χ3v) is 4.43. The van der Waals surface area contributed by atoms with E-state index in [1.165, 1.54) is 25.7 Å². The van der Waals surface area contributed by atoms with E-state index in [4.69, 9.17) is 0 Å². The molecule has 2 aliphatic rings. The quantitative estimate of drug-likeness (QED) is 0.659. The van der Waals surface area contributed by atoms with E-state index in [1.807, 2.05) is 0 Å². The molecule has 1 heterocycles. The van der Waals surface area contributed by atoms with Gasteiger partial charge in [0.25, 0.3) is 0 Å². The van der Waals surface area contributed by atoms with Crippen molar-refractivity contribution in [3.05, 3.63) is 0 Å². The predicted octanol–water partition coefficient (Wildman–Crippen LogP) is 2.80. The van der Waals surface area contributed by atoms with E-state index in [0.717, 1.165) is 25.4 Å².